The summed E-state index contributed by atoms with van der Waals surface area (Å²) in [6.45, 7) is 1.63. The van der Waals surface area contributed by atoms with Crippen molar-refractivity contribution in [3.8, 4) is 0 Å². The number of fused-ring (bicyclic) bond motifs is 1. The lowest BCUT2D eigenvalue weighted by Crippen LogP contribution is -2.54. The second-order valence-corrected chi connectivity index (χ2v) is 6.69. The highest BCUT2D eigenvalue weighted by Gasteiger charge is 2.34. The van der Waals surface area contributed by atoms with Gasteiger partial charge in [-0.1, -0.05) is 0 Å². The fraction of sp³-hybridized carbons (Fsp3) is 0.500. The number of carbonyl (C=O) groups excluding carboxylic acids is 1. The topological polar surface area (TPSA) is 58.4 Å². The predicted octanol–water partition coefficient (Wildman–Crippen LogP) is 2.12. The molecule has 108 valence electrons. The Hall–Kier alpha value is -1.05. The van der Waals surface area contributed by atoms with Crippen LogP contribution in [0.5, 0.6) is 0 Å². The largest absolute Gasteiger partial charge is 0.397 e. The number of anilines is 2. The molecule has 2 saturated heterocycles. The first-order valence-electron chi connectivity index (χ1n) is 6.83. The van der Waals surface area contributed by atoms with E-state index in [-0.39, 0.29) is 17.8 Å². The maximum absolute atomic E-state index is 13.8. The molecule has 20 heavy (non-hydrogen) atoms. The lowest BCUT2D eigenvalue weighted by molar-refractivity contribution is -0.124. The molecule has 3 rings (SSSR count). The van der Waals surface area contributed by atoms with Gasteiger partial charge in [-0.3, -0.25) is 4.79 Å². The van der Waals surface area contributed by atoms with Gasteiger partial charge in [0.05, 0.1) is 14.9 Å². The summed E-state index contributed by atoms with van der Waals surface area (Å²) >= 11 is 1.95. The van der Waals surface area contributed by atoms with Gasteiger partial charge in [0.25, 0.3) is 0 Å². The third-order valence-corrected chi connectivity index (χ3v) is 5.06. The Labute approximate surface area is 131 Å². The number of nitrogens with zero attached hydrogens (tertiary/aromatic N) is 1. The van der Waals surface area contributed by atoms with Crippen molar-refractivity contribution in [2.24, 2.45) is 5.92 Å². The van der Waals surface area contributed by atoms with Crippen molar-refractivity contribution in [1.82, 2.24) is 5.32 Å². The molecule has 2 fully saturated rings. The van der Waals surface area contributed by atoms with E-state index < -0.39 is 0 Å². The zero-order valence-electron chi connectivity index (χ0n) is 11.0. The number of piperidine rings is 2. The highest BCUT2D eigenvalue weighted by Crippen LogP contribution is 2.33. The van der Waals surface area contributed by atoms with E-state index in [4.69, 9.17) is 5.73 Å². The van der Waals surface area contributed by atoms with Gasteiger partial charge in [-0.25, -0.2) is 4.39 Å². The molecule has 0 aromatic heterocycles. The summed E-state index contributed by atoms with van der Waals surface area (Å²) in [6, 6.07) is 3.47. The smallest absolute Gasteiger partial charge is 0.220 e. The molecule has 0 aliphatic carbocycles. The van der Waals surface area contributed by atoms with Crippen molar-refractivity contribution in [2.75, 3.05) is 23.7 Å². The summed E-state index contributed by atoms with van der Waals surface area (Å²) in [7, 11) is 0. The molecule has 2 unspecified atom stereocenters. The van der Waals surface area contributed by atoms with Crippen LogP contribution in [-0.4, -0.2) is 25.0 Å². The van der Waals surface area contributed by atoms with Gasteiger partial charge in [0.1, 0.15) is 5.82 Å². The maximum Gasteiger partial charge on any atom is 0.220 e. The first kappa shape index (κ1) is 13.9. The van der Waals surface area contributed by atoms with Gasteiger partial charge < -0.3 is 16.0 Å². The zero-order chi connectivity index (χ0) is 14.3. The van der Waals surface area contributed by atoms with Gasteiger partial charge in [-0.15, -0.1) is 0 Å². The quantitative estimate of drug-likeness (QED) is 0.572. The second-order valence-electron chi connectivity index (χ2n) is 5.53. The van der Waals surface area contributed by atoms with Gasteiger partial charge in [0.15, 0.2) is 0 Å². The summed E-state index contributed by atoms with van der Waals surface area (Å²) in [5.41, 5.74) is 7.42. The van der Waals surface area contributed by atoms with E-state index in [2.05, 4.69) is 10.2 Å². The number of carbonyl (C=O) groups is 1. The van der Waals surface area contributed by atoms with Crippen LogP contribution in [0.2, 0.25) is 0 Å². The van der Waals surface area contributed by atoms with E-state index in [0.29, 0.717) is 21.6 Å². The lowest BCUT2D eigenvalue weighted by atomic mass is 9.85. The Kier molecular flexibility index (Phi) is 3.74. The minimum Gasteiger partial charge on any atom is -0.397 e. The number of hydrogen-bond donors (Lipinski definition) is 2. The molecule has 1 aromatic rings. The van der Waals surface area contributed by atoms with Crippen LogP contribution in [0.1, 0.15) is 19.3 Å². The second kappa shape index (κ2) is 5.38. The number of hydrogen-bond acceptors (Lipinski definition) is 3. The van der Waals surface area contributed by atoms with Crippen molar-refractivity contribution in [2.45, 2.75) is 25.3 Å². The Morgan fingerprint density at radius 2 is 2.20 bits per heavy atom. The highest BCUT2D eigenvalue weighted by atomic mass is 127. The van der Waals surface area contributed by atoms with Gasteiger partial charge in [-0.2, -0.15) is 0 Å². The van der Waals surface area contributed by atoms with Crippen LogP contribution in [0, 0.1) is 15.3 Å². The number of halogens is 2. The molecule has 2 atom stereocenters. The first-order valence-corrected chi connectivity index (χ1v) is 7.91. The third-order valence-electron chi connectivity index (χ3n) is 4.23. The van der Waals surface area contributed by atoms with Gasteiger partial charge in [-0.05, 0) is 47.4 Å². The lowest BCUT2D eigenvalue weighted by Gasteiger charge is -2.42. The molecule has 2 heterocycles. The summed E-state index contributed by atoms with van der Waals surface area (Å²) < 4.78 is 14.3. The number of nitrogens with two attached hydrogens (primary N) is 1. The molecule has 1 aromatic carbocycles. The molecule has 0 radical (unpaired) electrons. The van der Waals surface area contributed by atoms with Crippen LogP contribution in [0.4, 0.5) is 15.8 Å². The van der Waals surface area contributed by atoms with Crippen LogP contribution >= 0.6 is 22.6 Å². The standard InChI is InChI=1S/C14H17FIN3O/c15-9-5-13(11(17)6-10(9)16)19-4-3-12-8(7-19)1-2-14(20)18-12/h5-6,8,12H,1-4,7,17H2,(H,18,20). The average molecular weight is 389 g/mol. The van der Waals surface area contributed by atoms with E-state index in [1.807, 2.05) is 22.6 Å². The van der Waals surface area contributed by atoms with Crippen molar-refractivity contribution < 1.29 is 9.18 Å². The molecule has 6 heteroatoms. The molecular weight excluding hydrogens is 372 g/mol. The van der Waals surface area contributed by atoms with Crippen molar-refractivity contribution in [3.05, 3.63) is 21.5 Å². The summed E-state index contributed by atoms with van der Waals surface area (Å²) in [5.74, 6) is 0.358. The maximum atomic E-state index is 13.8. The number of nitrogens with one attached hydrogen (secondary N) is 1. The Balaban J connectivity index is 1.80. The van der Waals surface area contributed by atoms with Crippen LogP contribution in [-0.2, 0) is 4.79 Å². The van der Waals surface area contributed by atoms with E-state index >= 15 is 0 Å². The first-order chi connectivity index (χ1) is 9.54. The minimum atomic E-state index is -0.228. The molecule has 1 amide bonds. The average Bonchev–Trinajstić information content (AvgIpc) is 2.42. The van der Waals surface area contributed by atoms with E-state index in [1.54, 1.807) is 6.07 Å². The Morgan fingerprint density at radius 3 is 3.00 bits per heavy atom. The van der Waals surface area contributed by atoms with Gasteiger partial charge in [0, 0.05) is 31.6 Å². The fourth-order valence-corrected chi connectivity index (χ4v) is 3.65. The van der Waals surface area contributed by atoms with Crippen LogP contribution in [0.25, 0.3) is 0 Å². The molecule has 2 aliphatic heterocycles. The number of amides is 1. The van der Waals surface area contributed by atoms with Crippen LogP contribution in [0.3, 0.4) is 0 Å². The molecule has 2 aliphatic rings. The molecule has 0 bridgehead atoms. The highest BCUT2D eigenvalue weighted by molar-refractivity contribution is 14.1. The van der Waals surface area contributed by atoms with Crippen molar-refractivity contribution >= 4 is 39.9 Å². The minimum absolute atomic E-state index is 0.152. The van der Waals surface area contributed by atoms with Crippen molar-refractivity contribution in [3.63, 3.8) is 0 Å². The third kappa shape index (κ3) is 2.57. The molecular formula is C14H17FIN3O. The van der Waals surface area contributed by atoms with E-state index in [9.17, 15) is 9.18 Å². The number of benzene rings is 1. The summed E-state index contributed by atoms with van der Waals surface area (Å²) in [6.07, 6.45) is 2.38. The van der Waals surface area contributed by atoms with Crippen LogP contribution < -0.4 is 16.0 Å². The van der Waals surface area contributed by atoms with Crippen LogP contribution in [0.15, 0.2) is 12.1 Å². The SMILES string of the molecule is Nc1cc(I)c(F)cc1N1CCC2NC(=O)CCC2C1. The number of nitrogen functional groups attached to an aromatic ring is 1. The van der Waals surface area contributed by atoms with E-state index in [0.717, 1.165) is 31.6 Å². The van der Waals surface area contributed by atoms with Gasteiger partial charge >= 0.3 is 0 Å². The predicted molar refractivity (Wildman–Crippen MR) is 85.0 cm³/mol. The Bertz CT molecular complexity index is 551. The molecule has 0 saturated carbocycles. The summed E-state index contributed by atoms with van der Waals surface area (Å²) in [5, 5.41) is 3.05. The van der Waals surface area contributed by atoms with Crippen molar-refractivity contribution in [1.29, 1.82) is 0 Å². The van der Waals surface area contributed by atoms with E-state index in [1.165, 1.54) is 6.07 Å². The number of rotatable bonds is 1. The normalized spacial score (nSPS) is 26.1. The summed E-state index contributed by atoms with van der Waals surface area (Å²) in [4.78, 5) is 13.6. The monoisotopic (exact) mass is 389 g/mol. The zero-order valence-corrected chi connectivity index (χ0v) is 13.2. The fourth-order valence-electron chi connectivity index (χ4n) is 3.15. The molecule has 4 nitrogen and oxygen atoms in total. The Morgan fingerprint density at radius 1 is 1.40 bits per heavy atom. The molecule has 3 N–H and O–H groups in total. The van der Waals surface area contributed by atoms with Gasteiger partial charge in [0.2, 0.25) is 5.91 Å². The molecule has 0 spiro atoms.